The monoisotopic (exact) mass is 222 g/mol. The Morgan fingerprint density at radius 3 is 2.69 bits per heavy atom. The zero-order valence-electron chi connectivity index (χ0n) is 10.5. The van der Waals surface area contributed by atoms with E-state index in [0.717, 1.165) is 32.7 Å². The molecular weight excluding hydrogens is 200 g/mol. The van der Waals surface area contributed by atoms with E-state index in [0.29, 0.717) is 5.92 Å². The van der Waals surface area contributed by atoms with E-state index < -0.39 is 0 Å². The molecule has 1 N–H and O–H groups in total. The van der Waals surface area contributed by atoms with Crippen LogP contribution in [0.25, 0.3) is 0 Å². The normalized spacial score (nSPS) is 18.2. The van der Waals surface area contributed by atoms with Gasteiger partial charge in [0.15, 0.2) is 0 Å². The molecule has 0 bridgehead atoms. The van der Waals surface area contributed by atoms with Gasteiger partial charge >= 0.3 is 0 Å². The van der Waals surface area contributed by atoms with Crippen LogP contribution in [-0.4, -0.2) is 40.9 Å². The maximum Gasteiger partial charge on any atom is 0.0694 e. The summed E-state index contributed by atoms with van der Waals surface area (Å²) in [5.41, 5.74) is 2.64. The minimum absolute atomic E-state index is 0.513. The third-order valence-electron chi connectivity index (χ3n) is 3.09. The van der Waals surface area contributed by atoms with Crippen LogP contribution < -0.4 is 5.32 Å². The van der Waals surface area contributed by atoms with E-state index in [1.54, 1.807) is 0 Å². The van der Waals surface area contributed by atoms with Gasteiger partial charge in [-0.2, -0.15) is 5.10 Å². The predicted octanol–water partition coefficient (Wildman–Crippen LogP) is 0.949. The lowest BCUT2D eigenvalue weighted by molar-refractivity contribution is 0.232. The van der Waals surface area contributed by atoms with Crippen LogP contribution in [0.3, 0.4) is 0 Å². The average molecular weight is 222 g/mol. The number of rotatable bonds is 3. The second-order valence-corrected chi connectivity index (χ2v) is 4.89. The molecule has 2 heterocycles. The molecule has 0 saturated carbocycles. The molecule has 0 unspecified atom stereocenters. The molecule has 4 heteroatoms. The number of aryl methyl sites for hydroxylation is 1. The number of piperazine rings is 1. The van der Waals surface area contributed by atoms with E-state index in [2.05, 4.69) is 35.4 Å². The minimum Gasteiger partial charge on any atom is -0.314 e. The molecule has 1 aliphatic heterocycles. The van der Waals surface area contributed by atoms with Gasteiger partial charge in [0, 0.05) is 51.5 Å². The van der Waals surface area contributed by atoms with Crippen molar-refractivity contribution in [1.29, 1.82) is 0 Å². The molecule has 1 aromatic heterocycles. The summed E-state index contributed by atoms with van der Waals surface area (Å²) in [5.74, 6) is 0.513. The summed E-state index contributed by atoms with van der Waals surface area (Å²) < 4.78 is 1.94. The molecule has 90 valence electrons. The number of aromatic nitrogens is 2. The minimum atomic E-state index is 0.513. The van der Waals surface area contributed by atoms with E-state index in [-0.39, 0.29) is 0 Å². The number of hydrogen-bond donors (Lipinski definition) is 1. The largest absolute Gasteiger partial charge is 0.314 e. The van der Waals surface area contributed by atoms with E-state index in [4.69, 9.17) is 0 Å². The molecule has 0 aromatic carbocycles. The average Bonchev–Trinajstić information content (AvgIpc) is 2.61. The van der Waals surface area contributed by atoms with Crippen LogP contribution in [0.1, 0.15) is 31.0 Å². The molecular formula is C12H22N4. The molecule has 16 heavy (non-hydrogen) atoms. The maximum absolute atomic E-state index is 4.55. The van der Waals surface area contributed by atoms with Gasteiger partial charge in [-0.25, -0.2) is 0 Å². The second-order valence-electron chi connectivity index (χ2n) is 4.89. The summed E-state index contributed by atoms with van der Waals surface area (Å²) in [6.07, 6.45) is 2.16. The van der Waals surface area contributed by atoms with Crippen molar-refractivity contribution >= 4 is 0 Å². The Balaban J connectivity index is 2.07. The molecule has 0 spiro atoms. The van der Waals surface area contributed by atoms with Crippen LogP contribution in [0.15, 0.2) is 6.20 Å². The maximum atomic E-state index is 4.55. The van der Waals surface area contributed by atoms with Crippen molar-refractivity contribution in [2.75, 3.05) is 26.2 Å². The summed E-state index contributed by atoms with van der Waals surface area (Å²) in [4.78, 5) is 2.50. The topological polar surface area (TPSA) is 33.1 Å². The Morgan fingerprint density at radius 2 is 2.06 bits per heavy atom. The molecule has 0 aliphatic carbocycles. The first-order valence-corrected chi connectivity index (χ1v) is 6.12. The fourth-order valence-corrected chi connectivity index (χ4v) is 2.27. The van der Waals surface area contributed by atoms with E-state index in [9.17, 15) is 0 Å². The quantitative estimate of drug-likeness (QED) is 0.826. The Morgan fingerprint density at radius 1 is 1.38 bits per heavy atom. The highest BCUT2D eigenvalue weighted by atomic mass is 15.3. The highest BCUT2D eigenvalue weighted by molar-refractivity contribution is 5.20. The van der Waals surface area contributed by atoms with Gasteiger partial charge in [-0.05, 0) is 5.92 Å². The summed E-state index contributed by atoms with van der Waals surface area (Å²) >= 11 is 0. The summed E-state index contributed by atoms with van der Waals surface area (Å²) in [6.45, 7) is 9.98. The standard InChI is InChI=1S/C12H22N4/c1-10(2)12-11(8-15(3)14-12)9-16-6-4-13-5-7-16/h8,10,13H,4-7,9H2,1-3H3. The lowest BCUT2D eigenvalue weighted by atomic mass is 10.1. The lowest BCUT2D eigenvalue weighted by Gasteiger charge is -2.27. The van der Waals surface area contributed by atoms with Crippen LogP contribution >= 0.6 is 0 Å². The van der Waals surface area contributed by atoms with Gasteiger partial charge in [0.1, 0.15) is 0 Å². The van der Waals surface area contributed by atoms with Crippen molar-refractivity contribution in [3.05, 3.63) is 17.5 Å². The van der Waals surface area contributed by atoms with Crippen molar-refractivity contribution in [1.82, 2.24) is 20.0 Å². The smallest absolute Gasteiger partial charge is 0.0694 e. The summed E-state index contributed by atoms with van der Waals surface area (Å²) in [7, 11) is 2.01. The highest BCUT2D eigenvalue weighted by Gasteiger charge is 2.16. The predicted molar refractivity (Wildman–Crippen MR) is 65.4 cm³/mol. The Kier molecular flexibility index (Phi) is 3.61. The SMILES string of the molecule is CC(C)c1nn(C)cc1CN1CCNCC1. The molecule has 0 atom stereocenters. The summed E-state index contributed by atoms with van der Waals surface area (Å²) in [6, 6.07) is 0. The van der Waals surface area contributed by atoms with Crippen molar-refractivity contribution in [2.24, 2.45) is 7.05 Å². The van der Waals surface area contributed by atoms with Gasteiger partial charge < -0.3 is 5.32 Å². The molecule has 1 aliphatic rings. The first-order chi connectivity index (χ1) is 7.66. The lowest BCUT2D eigenvalue weighted by Crippen LogP contribution is -2.42. The molecule has 1 saturated heterocycles. The molecule has 1 aromatic rings. The van der Waals surface area contributed by atoms with Crippen LogP contribution in [-0.2, 0) is 13.6 Å². The van der Waals surface area contributed by atoms with Gasteiger partial charge in [0.05, 0.1) is 5.69 Å². The number of nitrogens with one attached hydrogen (secondary N) is 1. The number of nitrogens with zero attached hydrogens (tertiary/aromatic N) is 3. The van der Waals surface area contributed by atoms with Crippen molar-refractivity contribution in [2.45, 2.75) is 26.3 Å². The zero-order valence-corrected chi connectivity index (χ0v) is 10.5. The Hall–Kier alpha value is -0.870. The molecule has 4 nitrogen and oxygen atoms in total. The highest BCUT2D eigenvalue weighted by Crippen LogP contribution is 2.18. The van der Waals surface area contributed by atoms with Crippen molar-refractivity contribution in [3.63, 3.8) is 0 Å². The molecule has 0 amide bonds. The van der Waals surface area contributed by atoms with Gasteiger partial charge in [-0.3, -0.25) is 9.58 Å². The fourth-order valence-electron chi connectivity index (χ4n) is 2.27. The molecule has 1 fully saturated rings. The van der Waals surface area contributed by atoms with Gasteiger partial charge in [-0.15, -0.1) is 0 Å². The van der Waals surface area contributed by atoms with Gasteiger partial charge in [0.25, 0.3) is 0 Å². The van der Waals surface area contributed by atoms with Crippen LogP contribution in [0.4, 0.5) is 0 Å². The van der Waals surface area contributed by atoms with E-state index in [1.807, 2.05) is 11.7 Å². The molecule has 0 radical (unpaired) electrons. The fraction of sp³-hybridized carbons (Fsp3) is 0.750. The van der Waals surface area contributed by atoms with Gasteiger partial charge in [-0.1, -0.05) is 13.8 Å². The second kappa shape index (κ2) is 4.97. The Labute approximate surface area is 97.6 Å². The van der Waals surface area contributed by atoms with Crippen molar-refractivity contribution < 1.29 is 0 Å². The van der Waals surface area contributed by atoms with Gasteiger partial charge in [0.2, 0.25) is 0 Å². The van der Waals surface area contributed by atoms with E-state index in [1.165, 1.54) is 11.3 Å². The van der Waals surface area contributed by atoms with Crippen LogP contribution in [0, 0.1) is 0 Å². The first-order valence-electron chi connectivity index (χ1n) is 6.12. The van der Waals surface area contributed by atoms with E-state index >= 15 is 0 Å². The first kappa shape index (κ1) is 11.6. The third kappa shape index (κ3) is 2.62. The van der Waals surface area contributed by atoms with Crippen LogP contribution in [0.2, 0.25) is 0 Å². The zero-order chi connectivity index (χ0) is 11.5. The van der Waals surface area contributed by atoms with Crippen molar-refractivity contribution in [3.8, 4) is 0 Å². The van der Waals surface area contributed by atoms with Crippen LogP contribution in [0.5, 0.6) is 0 Å². The molecule has 2 rings (SSSR count). The Bertz CT molecular complexity index is 337. The summed E-state index contributed by atoms with van der Waals surface area (Å²) in [5, 5.41) is 7.93. The number of hydrogen-bond acceptors (Lipinski definition) is 3. The third-order valence-corrected chi connectivity index (χ3v) is 3.09.